The summed E-state index contributed by atoms with van der Waals surface area (Å²) in [5.74, 6) is 1.50. The average molecular weight is 332 g/mol. The first-order chi connectivity index (χ1) is 11.5. The summed E-state index contributed by atoms with van der Waals surface area (Å²) in [5, 5.41) is 0. The van der Waals surface area contributed by atoms with Gasteiger partial charge in [0.2, 0.25) is 11.8 Å². The third kappa shape index (κ3) is 3.00. The number of likely N-dealkylation sites (tertiary alicyclic amines) is 1. The molecule has 2 aliphatic heterocycles. The fourth-order valence-electron chi connectivity index (χ4n) is 3.51. The van der Waals surface area contributed by atoms with Gasteiger partial charge < -0.3 is 9.64 Å². The Labute approximate surface area is 142 Å². The normalized spacial score (nSPS) is 20.5. The summed E-state index contributed by atoms with van der Waals surface area (Å²) in [5.41, 5.74) is 1.95. The topological polar surface area (TPSA) is 75.6 Å². The zero-order valence-corrected chi connectivity index (χ0v) is 14.5. The number of aryl methyl sites for hydroxylation is 1. The molecular weight excluding hydrogens is 308 g/mol. The first-order valence-electron chi connectivity index (χ1n) is 8.45. The highest BCUT2D eigenvalue weighted by atomic mass is 16.5. The Morgan fingerprint density at radius 2 is 2.12 bits per heavy atom. The summed E-state index contributed by atoms with van der Waals surface area (Å²) in [6.07, 6.45) is 3.35. The largest absolute Gasteiger partial charge is 0.384 e. The van der Waals surface area contributed by atoms with Crippen molar-refractivity contribution in [1.82, 2.24) is 14.9 Å². The van der Waals surface area contributed by atoms with Crippen LogP contribution >= 0.6 is 0 Å². The lowest BCUT2D eigenvalue weighted by molar-refractivity contribution is -0.133. The van der Waals surface area contributed by atoms with Crippen LogP contribution in [0.25, 0.3) is 0 Å². The molecule has 0 unspecified atom stereocenters. The minimum atomic E-state index is -0.108. The Morgan fingerprint density at radius 3 is 2.88 bits per heavy atom. The SMILES string of the molecule is COCCC(=O)N1CCC[C@@H]1c1nc(C)c2c(n1)N(C)C(=O)CC2. The predicted octanol–water partition coefficient (Wildman–Crippen LogP) is 1.39. The van der Waals surface area contributed by atoms with Gasteiger partial charge >= 0.3 is 0 Å². The molecule has 1 fully saturated rings. The summed E-state index contributed by atoms with van der Waals surface area (Å²) in [6.45, 7) is 3.10. The first kappa shape index (κ1) is 16.8. The lowest BCUT2D eigenvalue weighted by Gasteiger charge is -2.29. The highest BCUT2D eigenvalue weighted by molar-refractivity contribution is 5.94. The molecule has 0 saturated carbocycles. The molecule has 3 rings (SSSR count). The molecule has 0 bridgehead atoms. The molecule has 7 heteroatoms. The van der Waals surface area contributed by atoms with E-state index in [1.54, 1.807) is 19.1 Å². The molecule has 2 amide bonds. The van der Waals surface area contributed by atoms with Crippen molar-refractivity contribution >= 4 is 17.6 Å². The molecule has 0 N–H and O–H groups in total. The fraction of sp³-hybridized carbons (Fsp3) is 0.647. The number of hydrogen-bond donors (Lipinski definition) is 0. The Kier molecular flexibility index (Phi) is 4.80. The van der Waals surface area contributed by atoms with E-state index in [2.05, 4.69) is 9.97 Å². The van der Waals surface area contributed by atoms with Crippen molar-refractivity contribution in [1.29, 1.82) is 0 Å². The van der Waals surface area contributed by atoms with Gasteiger partial charge in [-0.15, -0.1) is 0 Å². The minimum absolute atomic E-state index is 0.0720. The quantitative estimate of drug-likeness (QED) is 0.833. The fourth-order valence-corrected chi connectivity index (χ4v) is 3.51. The lowest BCUT2D eigenvalue weighted by atomic mass is 10.0. The van der Waals surface area contributed by atoms with Crippen molar-refractivity contribution in [3.63, 3.8) is 0 Å². The summed E-state index contributed by atoms with van der Waals surface area (Å²) in [4.78, 5) is 37.2. The average Bonchev–Trinajstić information content (AvgIpc) is 3.06. The van der Waals surface area contributed by atoms with Gasteiger partial charge in [-0.25, -0.2) is 9.97 Å². The second-order valence-corrected chi connectivity index (χ2v) is 6.41. The summed E-state index contributed by atoms with van der Waals surface area (Å²) in [7, 11) is 3.35. The molecule has 7 nitrogen and oxygen atoms in total. The number of amides is 2. The van der Waals surface area contributed by atoms with Gasteiger partial charge in [-0.2, -0.15) is 0 Å². The van der Waals surface area contributed by atoms with E-state index in [0.717, 1.165) is 30.6 Å². The van der Waals surface area contributed by atoms with Crippen molar-refractivity contribution in [3.05, 3.63) is 17.1 Å². The van der Waals surface area contributed by atoms with E-state index in [0.29, 0.717) is 37.5 Å². The van der Waals surface area contributed by atoms with Gasteiger partial charge in [-0.05, 0) is 26.2 Å². The van der Waals surface area contributed by atoms with Crippen LogP contribution in [-0.4, -0.2) is 54.0 Å². The highest BCUT2D eigenvalue weighted by Crippen LogP contribution is 2.34. The molecule has 0 spiro atoms. The van der Waals surface area contributed by atoms with E-state index < -0.39 is 0 Å². The van der Waals surface area contributed by atoms with E-state index in [-0.39, 0.29) is 17.9 Å². The van der Waals surface area contributed by atoms with Crippen LogP contribution < -0.4 is 4.90 Å². The van der Waals surface area contributed by atoms with Crippen LogP contribution in [0.2, 0.25) is 0 Å². The second kappa shape index (κ2) is 6.84. The summed E-state index contributed by atoms with van der Waals surface area (Å²) < 4.78 is 5.01. The van der Waals surface area contributed by atoms with E-state index >= 15 is 0 Å². The maximum Gasteiger partial charge on any atom is 0.228 e. The molecule has 3 heterocycles. The molecule has 0 aliphatic carbocycles. The van der Waals surface area contributed by atoms with Gasteiger partial charge in [-0.3, -0.25) is 14.5 Å². The first-order valence-corrected chi connectivity index (χ1v) is 8.45. The van der Waals surface area contributed by atoms with Gasteiger partial charge in [0, 0.05) is 38.4 Å². The van der Waals surface area contributed by atoms with Gasteiger partial charge in [-0.1, -0.05) is 0 Å². The van der Waals surface area contributed by atoms with Crippen LogP contribution in [0.4, 0.5) is 5.82 Å². The number of ether oxygens (including phenoxy) is 1. The Balaban J connectivity index is 1.90. The monoisotopic (exact) mass is 332 g/mol. The van der Waals surface area contributed by atoms with Crippen LogP contribution in [0.5, 0.6) is 0 Å². The van der Waals surface area contributed by atoms with E-state index in [1.165, 1.54) is 0 Å². The minimum Gasteiger partial charge on any atom is -0.384 e. The molecule has 1 atom stereocenters. The zero-order chi connectivity index (χ0) is 17.3. The molecule has 24 heavy (non-hydrogen) atoms. The molecule has 1 saturated heterocycles. The number of methoxy groups -OCH3 is 1. The maximum atomic E-state index is 12.4. The number of nitrogens with zero attached hydrogens (tertiary/aromatic N) is 4. The molecular formula is C17H24N4O3. The zero-order valence-electron chi connectivity index (χ0n) is 14.5. The van der Waals surface area contributed by atoms with Crippen LogP contribution in [0, 0.1) is 6.92 Å². The van der Waals surface area contributed by atoms with Crippen LogP contribution in [0.1, 0.15) is 48.8 Å². The summed E-state index contributed by atoms with van der Waals surface area (Å²) in [6, 6.07) is -0.108. The maximum absolute atomic E-state index is 12.4. The number of fused-ring (bicyclic) bond motifs is 1. The molecule has 2 aliphatic rings. The van der Waals surface area contributed by atoms with Gasteiger partial charge in [0.15, 0.2) is 5.82 Å². The van der Waals surface area contributed by atoms with Crippen molar-refractivity contribution in [2.45, 2.75) is 45.1 Å². The van der Waals surface area contributed by atoms with Gasteiger partial charge in [0.1, 0.15) is 5.82 Å². The molecule has 0 radical (unpaired) electrons. The predicted molar refractivity (Wildman–Crippen MR) is 88.7 cm³/mol. The van der Waals surface area contributed by atoms with Gasteiger partial charge in [0.25, 0.3) is 0 Å². The standard InChI is InChI=1S/C17H24N4O3/c1-11-12-6-7-14(22)20(2)17(12)19-16(18-11)13-5-4-9-21(13)15(23)8-10-24-3/h13H,4-10H2,1-3H3/t13-/m1/s1. The van der Waals surface area contributed by atoms with Crippen molar-refractivity contribution in [2.75, 3.05) is 32.2 Å². The number of anilines is 1. The Morgan fingerprint density at radius 1 is 1.33 bits per heavy atom. The van der Waals surface area contributed by atoms with Crippen molar-refractivity contribution in [2.24, 2.45) is 0 Å². The van der Waals surface area contributed by atoms with Crippen LogP contribution in [-0.2, 0) is 20.7 Å². The second-order valence-electron chi connectivity index (χ2n) is 6.41. The highest BCUT2D eigenvalue weighted by Gasteiger charge is 2.34. The van der Waals surface area contributed by atoms with Crippen molar-refractivity contribution < 1.29 is 14.3 Å². The third-order valence-electron chi connectivity index (χ3n) is 4.88. The molecule has 1 aromatic heterocycles. The van der Waals surface area contributed by atoms with E-state index in [4.69, 9.17) is 4.74 Å². The van der Waals surface area contributed by atoms with Crippen LogP contribution in [0.3, 0.4) is 0 Å². The molecule has 130 valence electrons. The van der Waals surface area contributed by atoms with Crippen LogP contribution in [0.15, 0.2) is 0 Å². The third-order valence-corrected chi connectivity index (χ3v) is 4.88. The van der Waals surface area contributed by atoms with Crippen molar-refractivity contribution in [3.8, 4) is 0 Å². The smallest absolute Gasteiger partial charge is 0.228 e. The van der Waals surface area contributed by atoms with E-state index in [1.807, 2.05) is 11.8 Å². The number of carbonyl (C=O) groups excluding carboxylic acids is 2. The lowest BCUT2D eigenvalue weighted by Crippen LogP contribution is -2.35. The molecule has 1 aromatic rings. The number of carbonyl (C=O) groups is 2. The summed E-state index contributed by atoms with van der Waals surface area (Å²) >= 11 is 0. The Hall–Kier alpha value is -2.02. The Bertz CT molecular complexity index is 661. The van der Waals surface area contributed by atoms with Gasteiger partial charge in [0.05, 0.1) is 19.1 Å². The number of hydrogen-bond acceptors (Lipinski definition) is 5. The van der Waals surface area contributed by atoms with E-state index in [9.17, 15) is 9.59 Å². The number of aromatic nitrogens is 2. The molecule has 0 aromatic carbocycles. The number of rotatable bonds is 4.